The number of fused-ring (bicyclic) bond motifs is 2. The van der Waals surface area contributed by atoms with Crippen LogP contribution in [0.1, 0.15) is 46.9 Å². The van der Waals surface area contributed by atoms with E-state index >= 15 is 0 Å². The predicted molar refractivity (Wildman–Crippen MR) is 209 cm³/mol. The van der Waals surface area contributed by atoms with E-state index in [1.54, 1.807) is 20.8 Å². The summed E-state index contributed by atoms with van der Waals surface area (Å²) >= 11 is 0. The first-order chi connectivity index (χ1) is 20.4. The van der Waals surface area contributed by atoms with E-state index in [2.05, 4.69) is 176 Å². The number of allylic oxidation sites excluding steroid dienone is 10. The number of hydrogen-bond acceptors (Lipinski definition) is 0. The Morgan fingerprint density at radius 3 is 1.09 bits per heavy atom. The van der Waals surface area contributed by atoms with E-state index in [1.165, 1.54) is 22.3 Å². The summed E-state index contributed by atoms with van der Waals surface area (Å²) in [5.41, 5.74) is 5.67. The van der Waals surface area contributed by atoms with Crippen molar-refractivity contribution in [1.29, 1.82) is 0 Å². The molecular weight excluding hydrogens is 755 g/mol. The van der Waals surface area contributed by atoms with Gasteiger partial charge in [0.25, 0.3) is 0 Å². The second-order valence-electron chi connectivity index (χ2n) is 16.8. The maximum absolute atomic E-state index is 3.57. The molecule has 0 fully saturated rings. The van der Waals surface area contributed by atoms with E-state index in [0.717, 1.165) is 12.8 Å². The monoisotopic (exact) mass is 808 g/mol. The molecule has 4 aliphatic carbocycles. The second-order valence-corrected chi connectivity index (χ2v) is 36.9. The van der Waals surface area contributed by atoms with Crippen LogP contribution >= 0.6 is 0 Å². The molecule has 0 N–H and O–H groups in total. The van der Waals surface area contributed by atoms with Crippen molar-refractivity contribution in [3.8, 4) is 0 Å². The third-order valence-corrected chi connectivity index (χ3v) is 17.4. The van der Waals surface area contributed by atoms with Gasteiger partial charge >= 0.3 is 26.2 Å². The Bertz CT molecular complexity index is 1380. The quantitative estimate of drug-likeness (QED) is 0.249. The van der Waals surface area contributed by atoms with Gasteiger partial charge in [0.15, 0.2) is 0 Å². The minimum atomic E-state index is -1.13. The van der Waals surface area contributed by atoms with E-state index in [9.17, 15) is 0 Å². The van der Waals surface area contributed by atoms with E-state index in [4.69, 9.17) is 0 Å². The van der Waals surface area contributed by atoms with Crippen LogP contribution in [-0.2, 0) is 26.2 Å². The first-order valence-corrected chi connectivity index (χ1v) is 30.6. The van der Waals surface area contributed by atoms with Gasteiger partial charge in [0.05, 0.1) is 0 Å². The topological polar surface area (TPSA) is 0 Å². The van der Waals surface area contributed by atoms with Gasteiger partial charge in [-0.05, 0) is 38.4 Å². The number of hydrogen-bond donors (Lipinski definition) is 0. The minimum Gasteiger partial charge on any atom is -1.00 e. The van der Waals surface area contributed by atoms with Crippen molar-refractivity contribution < 1.29 is 51.0 Å². The van der Waals surface area contributed by atoms with E-state index in [1.807, 2.05) is 0 Å². The van der Waals surface area contributed by atoms with Crippen molar-refractivity contribution >= 4 is 44.4 Å². The maximum Gasteiger partial charge on any atom is 4.00 e. The fraction of sp³-hybridized carbons (Fsp3) is 0.400. The third kappa shape index (κ3) is 11.1. The molecule has 6 rings (SSSR count). The van der Waals surface area contributed by atoms with E-state index in [-0.39, 0.29) is 51.0 Å². The van der Waals surface area contributed by atoms with E-state index in [0.29, 0.717) is 11.8 Å². The predicted octanol–water partition coefficient (Wildman–Crippen LogP) is 6.21. The fourth-order valence-corrected chi connectivity index (χ4v) is 17.5. The molecule has 2 unspecified atom stereocenters. The van der Waals surface area contributed by atoms with Gasteiger partial charge in [-0.3, -0.25) is 12.2 Å². The number of benzene rings is 2. The summed E-state index contributed by atoms with van der Waals surface area (Å²) in [6.45, 7) is 29.2. The molecule has 0 saturated heterocycles. The molecule has 0 spiro atoms. The fourth-order valence-electron chi connectivity index (χ4n) is 6.79. The Labute approximate surface area is 324 Å². The van der Waals surface area contributed by atoms with Gasteiger partial charge in [-0.25, -0.2) is 20.8 Å². The summed E-state index contributed by atoms with van der Waals surface area (Å²) in [7, 11) is -4.45. The van der Waals surface area contributed by atoms with Crippen LogP contribution in [0.15, 0.2) is 93.6 Å². The standard InChI is InChI=1S/C18H14.2C11H21Si2.2ClH.Zr/c1-3-7-15-13(5-1)9-11-17(15)18-12-10-14-6-2-4-8-16(14)18;2*1-12(2,3)10-8-7-9-11(10)13(4,5)6;;;/h1-12,17-18H;2*8H,7H2,1-6H3;2*1H;/q;2*-1;;;+4/p-2. The minimum absolute atomic E-state index is 0. The van der Waals surface area contributed by atoms with Gasteiger partial charge in [0.2, 0.25) is 0 Å². The molecule has 4 aliphatic rings. The molecule has 0 saturated carbocycles. The first kappa shape index (κ1) is 44.2. The van der Waals surface area contributed by atoms with Gasteiger partial charge in [-0.15, -0.1) is 12.8 Å². The summed E-state index contributed by atoms with van der Waals surface area (Å²) in [4.78, 5) is 0. The van der Waals surface area contributed by atoms with Crippen molar-refractivity contribution in [3.63, 3.8) is 0 Å². The van der Waals surface area contributed by atoms with Crippen molar-refractivity contribution in [2.75, 3.05) is 0 Å². The van der Waals surface area contributed by atoms with Gasteiger partial charge in [0.1, 0.15) is 0 Å². The van der Waals surface area contributed by atoms with Crippen LogP contribution in [0.25, 0.3) is 12.2 Å². The largest absolute Gasteiger partial charge is 4.00 e. The van der Waals surface area contributed by atoms with Crippen LogP contribution in [-0.4, -0.2) is 32.3 Å². The zero-order valence-corrected chi connectivity index (χ0v) is 38.9. The molecule has 2 aromatic rings. The van der Waals surface area contributed by atoms with Gasteiger partial charge in [0, 0.05) is 28.0 Å². The molecular formula is C40H56Cl2Si4Zr. The van der Waals surface area contributed by atoms with Crippen LogP contribution in [0.2, 0.25) is 78.6 Å². The summed E-state index contributed by atoms with van der Waals surface area (Å²) in [6, 6.07) is 17.4. The maximum atomic E-state index is 3.57. The summed E-state index contributed by atoms with van der Waals surface area (Å²) in [5, 5.41) is 6.61. The molecule has 0 amide bonds. The van der Waals surface area contributed by atoms with Gasteiger partial charge in [-0.2, -0.15) is 12.2 Å². The van der Waals surface area contributed by atoms with Gasteiger partial charge < -0.3 is 24.8 Å². The SMILES string of the molecule is C1=CC(C2C=Cc3ccccc32)c2ccccc21.C[Si](C)(C)C1=[C-]CC=C1[Si](C)(C)C.C[Si](C)(C)C1=[C-]CC=C1[Si](C)(C)C.[Cl-].[Cl-].[Zr+4]. The molecule has 2 atom stereocenters. The molecule has 0 nitrogen and oxygen atoms in total. The molecule has 0 heterocycles. The molecule has 47 heavy (non-hydrogen) atoms. The van der Waals surface area contributed by atoms with Crippen LogP contribution in [0.4, 0.5) is 0 Å². The normalized spacial score (nSPS) is 19.1. The average molecular weight is 811 g/mol. The molecule has 7 heteroatoms. The molecule has 250 valence electrons. The molecule has 0 aliphatic heterocycles. The van der Waals surface area contributed by atoms with Crippen LogP contribution in [0.5, 0.6) is 0 Å². The average Bonchev–Trinajstić information content (AvgIpc) is 3.72. The molecule has 2 aromatic carbocycles. The Morgan fingerprint density at radius 1 is 0.489 bits per heavy atom. The molecule has 0 aromatic heterocycles. The van der Waals surface area contributed by atoms with Crippen molar-refractivity contribution in [3.05, 3.63) is 128 Å². The Morgan fingerprint density at radius 2 is 0.809 bits per heavy atom. The third-order valence-electron chi connectivity index (χ3n) is 8.89. The Balaban J connectivity index is 0.000000350. The Hall–Kier alpha value is -0.789. The first-order valence-electron chi connectivity index (χ1n) is 16.6. The van der Waals surface area contributed by atoms with Crippen LogP contribution in [0.3, 0.4) is 0 Å². The summed E-state index contributed by atoms with van der Waals surface area (Å²) < 4.78 is 0. The second kappa shape index (κ2) is 17.4. The zero-order valence-electron chi connectivity index (χ0n) is 30.9. The van der Waals surface area contributed by atoms with Crippen molar-refractivity contribution in [2.24, 2.45) is 0 Å². The number of rotatable bonds is 5. The summed E-state index contributed by atoms with van der Waals surface area (Å²) in [6.07, 6.45) is 23.3. The Kier molecular flexibility index (Phi) is 16.4. The number of halogens is 2. The molecule has 0 bridgehead atoms. The van der Waals surface area contributed by atoms with Gasteiger partial charge in [-0.1, -0.05) is 151 Å². The van der Waals surface area contributed by atoms with Crippen LogP contribution in [0, 0.1) is 12.2 Å². The van der Waals surface area contributed by atoms with Crippen molar-refractivity contribution in [2.45, 2.75) is 103 Å². The molecule has 0 radical (unpaired) electrons. The summed E-state index contributed by atoms with van der Waals surface area (Å²) in [5.74, 6) is 1.00. The van der Waals surface area contributed by atoms with Crippen LogP contribution < -0.4 is 24.8 Å². The van der Waals surface area contributed by atoms with Crippen molar-refractivity contribution in [1.82, 2.24) is 0 Å². The zero-order chi connectivity index (χ0) is 32.5. The smallest absolute Gasteiger partial charge is 1.00 e. The van der Waals surface area contributed by atoms with E-state index < -0.39 is 32.3 Å².